The van der Waals surface area contributed by atoms with Gasteiger partial charge in [-0.25, -0.2) is 13.2 Å². The Morgan fingerprint density at radius 3 is 2.44 bits per heavy atom. The Morgan fingerprint density at radius 2 is 1.94 bits per heavy atom. The number of rotatable bonds is 4. The molecule has 0 heterocycles. The van der Waals surface area contributed by atoms with Gasteiger partial charge in [0.2, 0.25) is 0 Å². The first-order valence-corrected chi connectivity index (χ1v) is 7.25. The highest BCUT2D eigenvalue weighted by Gasteiger charge is 2.20. The van der Waals surface area contributed by atoms with E-state index in [1.54, 1.807) is 0 Å². The molecule has 1 aromatic rings. The molecule has 0 spiro atoms. The van der Waals surface area contributed by atoms with Crippen molar-refractivity contribution in [3.8, 4) is 0 Å². The van der Waals surface area contributed by atoms with Gasteiger partial charge in [0.1, 0.15) is 6.10 Å². The van der Waals surface area contributed by atoms with E-state index >= 15 is 0 Å². The monoisotopic (exact) mass is 291 g/mol. The summed E-state index contributed by atoms with van der Waals surface area (Å²) in [5.74, 6) is -0.276. The molecule has 18 heavy (non-hydrogen) atoms. The molecule has 0 aliphatic rings. The molecule has 0 saturated heterocycles. The topological polar surface area (TPSA) is 72.5 Å². The number of hydrogen-bond acceptors (Lipinski definition) is 4. The van der Waals surface area contributed by atoms with Crippen molar-refractivity contribution >= 4 is 27.5 Å². The van der Waals surface area contributed by atoms with Crippen LogP contribution in [0.4, 0.5) is 4.79 Å². The Balaban J connectivity index is 2.76. The van der Waals surface area contributed by atoms with Crippen molar-refractivity contribution in [1.29, 1.82) is 0 Å². The van der Waals surface area contributed by atoms with E-state index in [4.69, 9.17) is 16.3 Å². The van der Waals surface area contributed by atoms with Crippen molar-refractivity contribution in [2.75, 3.05) is 12.8 Å². The number of alkyl carbamates (subject to hydrolysis) is 1. The van der Waals surface area contributed by atoms with Crippen molar-refractivity contribution in [1.82, 2.24) is 5.32 Å². The normalized spacial score (nSPS) is 12.8. The maximum atomic E-state index is 12.0. The van der Waals surface area contributed by atoms with Crippen LogP contribution in [0.15, 0.2) is 29.2 Å². The SMILES string of the molecule is CNC(=O)OC(C)CS(=O)(=O)c1ccc(Cl)cc1. The van der Waals surface area contributed by atoms with Crippen molar-refractivity contribution < 1.29 is 17.9 Å². The molecule has 1 N–H and O–H groups in total. The molecule has 0 saturated carbocycles. The molecule has 0 aliphatic heterocycles. The molecular formula is C11H14ClNO4S. The van der Waals surface area contributed by atoms with Gasteiger partial charge in [-0.05, 0) is 31.2 Å². The lowest BCUT2D eigenvalue weighted by atomic mass is 10.4. The van der Waals surface area contributed by atoms with E-state index in [-0.39, 0.29) is 10.6 Å². The van der Waals surface area contributed by atoms with Gasteiger partial charge in [-0.3, -0.25) is 0 Å². The van der Waals surface area contributed by atoms with Gasteiger partial charge in [-0.15, -0.1) is 0 Å². The van der Waals surface area contributed by atoms with Crippen molar-refractivity contribution in [2.45, 2.75) is 17.9 Å². The standard InChI is InChI=1S/C11H14ClNO4S/c1-8(17-11(14)13-2)7-18(15,16)10-5-3-9(12)4-6-10/h3-6,8H,7H2,1-2H3,(H,13,14). The number of benzene rings is 1. The summed E-state index contributed by atoms with van der Waals surface area (Å²) in [4.78, 5) is 11.1. The molecule has 1 aromatic carbocycles. The summed E-state index contributed by atoms with van der Waals surface area (Å²) in [6, 6.07) is 5.84. The van der Waals surface area contributed by atoms with Crippen LogP contribution in [-0.4, -0.2) is 33.4 Å². The van der Waals surface area contributed by atoms with Gasteiger partial charge < -0.3 is 10.1 Å². The van der Waals surface area contributed by atoms with Crippen LogP contribution in [0, 0.1) is 0 Å². The fraction of sp³-hybridized carbons (Fsp3) is 0.364. The maximum absolute atomic E-state index is 12.0. The van der Waals surface area contributed by atoms with Gasteiger partial charge in [0.15, 0.2) is 9.84 Å². The van der Waals surface area contributed by atoms with Crippen LogP contribution in [0.2, 0.25) is 5.02 Å². The zero-order valence-electron chi connectivity index (χ0n) is 10.0. The molecule has 0 bridgehead atoms. The van der Waals surface area contributed by atoms with Crippen LogP contribution in [0.5, 0.6) is 0 Å². The third-order valence-electron chi connectivity index (χ3n) is 2.14. The molecule has 0 fully saturated rings. The quantitative estimate of drug-likeness (QED) is 0.919. The molecule has 1 amide bonds. The second-order valence-corrected chi connectivity index (χ2v) is 6.17. The van der Waals surface area contributed by atoms with E-state index in [1.165, 1.54) is 38.2 Å². The molecule has 1 atom stereocenters. The molecule has 1 unspecified atom stereocenters. The zero-order chi connectivity index (χ0) is 13.8. The average molecular weight is 292 g/mol. The fourth-order valence-corrected chi connectivity index (χ4v) is 2.88. The first kappa shape index (κ1) is 14.8. The largest absolute Gasteiger partial charge is 0.445 e. The van der Waals surface area contributed by atoms with E-state index in [0.717, 1.165) is 0 Å². The summed E-state index contributed by atoms with van der Waals surface area (Å²) < 4.78 is 28.8. The Morgan fingerprint density at radius 1 is 1.39 bits per heavy atom. The predicted molar refractivity (Wildman–Crippen MR) is 68.5 cm³/mol. The second-order valence-electron chi connectivity index (χ2n) is 3.70. The number of sulfone groups is 1. The third-order valence-corrected chi connectivity index (χ3v) is 4.29. The van der Waals surface area contributed by atoms with Gasteiger partial charge in [0, 0.05) is 12.1 Å². The number of halogens is 1. The second kappa shape index (κ2) is 6.06. The lowest BCUT2D eigenvalue weighted by Gasteiger charge is -2.13. The number of hydrogen-bond donors (Lipinski definition) is 1. The molecule has 0 radical (unpaired) electrons. The van der Waals surface area contributed by atoms with E-state index in [9.17, 15) is 13.2 Å². The number of carbonyl (C=O) groups excluding carboxylic acids is 1. The fourth-order valence-electron chi connectivity index (χ4n) is 1.32. The van der Waals surface area contributed by atoms with Crippen molar-refractivity contribution in [3.63, 3.8) is 0 Å². The summed E-state index contributed by atoms with van der Waals surface area (Å²) in [6.07, 6.45) is -1.39. The first-order chi connectivity index (χ1) is 8.35. The van der Waals surface area contributed by atoms with E-state index < -0.39 is 22.0 Å². The molecule has 0 aliphatic carbocycles. The highest BCUT2D eigenvalue weighted by atomic mass is 35.5. The van der Waals surface area contributed by atoms with Crippen LogP contribution in [-0.2, 0) is 14.6 Å². The molecule has 1 rings (SSSR count). The minimum Gasteiger partial charge on any atom is -0.445 e. The van der Waals surface area contributed by atoms with Crippen LogP contribution < -0.4 is 5.32 Å². The Hall–Kier alpha value is -1.27. The number of nitrogens with one attached hydrogen (secondary N) is 1. The van der Waals surface area contributed by atoms with Gasteiger partial charge in [0.25, 0.3) is 0 Å². The zero-order valence-corrected chi connectivity index (χ0v) is 11.6. The number of carbonyl (C=O) groups is 1. The lowest BCUT2D eigenvalue weighted by Crippen LogP contribution is -2.29. The summed E-state index contributed by atoms with van der Waals surface area (Å²) in [5, 5.41) is 2.72. The van der Waals surface area contributed by atoms with E-state index in [1.807, 2.05) is 0 Å². The van der Waals surface area contributed by atoms with Crippen molar-refractivity contribution in [2.24, 2.45) is 0 Å². The number of ether oxygens (including phenoxy) is 1. The van der Waals surface area contributed by atoms with Gasteiger partial charge >= 0.3 is 6.09 Å². The molecular weight excluding hydrogens is 278 g/mol. The van der Waals surface area contributed by atoms with Crippen molar-refractivity contribution in [3.05, 3.63) is 29.3 Å². The maximum Gasteiger partial charge on any atom is 0.407 e. The lowest BCUT2D eigenvalue weighted by molar-refractivity contribution is 0.119. The Bertz CT molecular complexity index is 512. The van der Waals surface area contributed by atoms with E-state index in [2.05, 4.69) is 5.32 Å². The summed E-state index contributed by atoms with van der Waals surface area (Å²) in [5.41, 5.74) is 0. The highest BCUT2D eigenvalue weighted by molar-refractivity contribution is 7.91. The number of amides is 1. The molecule has 5 nitrogen and oxygen atoms in total. The first-order valence-electron chi connectivity index (χ1n) is 5.22. The smallest absolute Gasteiger partial charge is 0.407 e. The summed E-state index contributed by atoms with van der Waals surface area (Å²) in [6.45, 7) is 1.52. The Kier molecular flexibility index (Phi) is 4.98. The average Bonchev–Trinajstić information content (AvgIpc) is 2.28. The molecule has 100 valence electrons. The van der Waals surface area contributed by atoms with Crippen LogP contribution in [0.1, 0.15) is 6.92 Å². The third kappa shape index (κ3) is 4.19. The van der Waals surface area contributed by atoms with Gasteiger partial charge in [-0.2, -0.15) is 0 Å². The van der Waals surface area contributed by atoms with Crippen LogP contribution in [0.3, 0.4) is 0 Å². The van der Waals surface area contributed by atoms with Gasteiger partial charge in [-0.1, -0.05) is 11.6 Å². The Labute approximate surface area is 111 Å². The van der Waals surface area contributed by atoms with E-state index in [0.29, 0.717) is 5.02 Å². The summed E-state index contributed by atoms with van der Waals surface area (Å²) >= 11 is 5.68. The molecule has 0 aromatic heterocycles. The summed E-state index contributed by atoms with van der Waals surface area (Å²) in [7, 11) is -2.09. The highest BCUT2D eigenvalue weighted by Crippen LogP contribution is 2.16. The minimum atomic E-state index is -3.49. The van der Waals surface area contributed by atoms with Crippen LogP contribution >= 0.6 is 11.6 Å². The minimum absolute atomic E-state index is 0.152. The molecule has 7 heteroatoms. The predicted octanol–water partition coefficient (Wildman–Crippen LogP) is 1.86. The van der Waals surface area contributed by atoms with Gasteiger partial charge in [0.05, 0.1) is 10.6 Å². The van der Waals surface area contributed by atoms with Crippen LogP contribution in [0.25, 0.3) is 0 Å².